The largest absolute Gasteiger partial charge is 0.393 e. The second-order valence-corrected chi connectivity index (χ2v) is 3.08. The summed E-state index contributed by atoms with van der Waals surface area (Å²) in [5.74, 6) is -1.07. The Morgan fingerprint density at radius 3 is 2.40 bits per heavy atom. The third-order valence-corrected chi connectivity index (χ3v) is 1.89. The van der Waals surface area contributed by atoms with Gasteiger partial charge in [-0.1, -0.05) is 30.3 Å². The van der Waals surface area contributed by atoms with Crippen molar-refractivity contribution in [2.75, 3.05) is 0 Å². The van der Waals surface area contributed by atoms with E-state index in [9.17, 15) is 9.59 Å². The second kappa shape index (κ2) is 5.96. The fourth-order valence-electron chi connectivity index (χ4n) is 1.12. The van der Waals surface area contributed by atoms with E-state index in [1.807, 2.05) is 30.3 Å². The van der Waals surface area contributed by atoms with E-state index in [0.29, 0.717) is 6.42 Å². The molecule has 0 unspecified atom stereocenters. The Hall–Kier alpha value is -1.64. The van der Waals surface area contributed by atoms with Crippen molar-refractivity contribution in [3.05, 3.63) is 42.8 Å². The molecule has 0 spiro atoms. The highest BCUT2D eigenvalue weighted by Crippen LogP contribution is 2.03. The van der Waals surface area contributed by atoms with Crippen LogP contribution >= 0.6 is 0 Å². The summed E-state index contributed by atoms with van der Waals surface area (Å²) in [7, 11) is 0. The molecular formula is C12H13O3. The number of ether oxygens (including phenoxy) is 1. The predicted octanol–water partition coefficient (Wildman–Crippen LogP) is 1.91. The van der Waals surface area contributed by atoms with Gasteiger partial charge < -0.3 is 4.74 Å². The zero-order valence-corrected chi connectivity index (χ0v) is 8.44. The third kappa shape index (κ3) is 4.40. The predicted molar refractivity (Wildman–Crippen MR) is 55.8 cm³/mol. The number of hydrogen-bond donors (Lipinski definition) is 0. The van der Waals surface area contributed by atoms with Crippen molar-refractivity contribution in [1.82, 2.24) is 0 Å². The quantitative estimate of drug-likeness (QED) is 0.557. The Kier molecular flexibility index (Phi) is 4.54. The lowest BCUT2D eigenvalue weighted by molar-refractivity contribution is -0.159. The van der Waals surface area contributed by atoms with Crippen molar-refractivity contribution in [3.63, 3.8) is 0 Å². The van der Waals surface area contributed by atoms with Crippen molar-refractivity contribution in [1.29, 1.82) is 0 Å². The molecule has 79 valence electrons. The summed E-state index contributed by atoms with van der Waals surface area (Å²) in [6.07, 6.45) is 0.789. The molecular weight excluding hydrogens is 192 g/mol. The maximum absolute atomic E-state index is 11.1. The Bertz CT molecular complexity index is 330. The molecule has 3 heteroatoms. The molecule has 0 aliphatic carbocycles. The van der Waals surface area contributed by atoms with Crippen LogP contribution in [-0.2, 0) is 20.7 Å². The van der Waals surface area contributed by atoms with E-state index in [2.05, 4.69) is 11.7 Å². The molecule has 1 radical (unpaired) electrons. The standard InChI is InChI=1S/C12H13O3/c1-2-11(13)15-12(14)9-8-10-6-4-3-5-7-10/h3-7H,1-2,8-9H2. The van der Waals surface area contributed by atoms with Crippen molar-refractivity contribution in [2.24, 2.45) is 0 Å². The molecule has 15 heavy (non-hydrogen) atoms. The van der Waals surface area contributed by atoms with Gasteiger partial charge in [-0.3, -0.25) is 9.59 Å². The average Bonchev–Trinajstić information content (AvgIpc) is 2.27. The van der Waals surface area contributed by atoms with Gasteiger partial charge in [0.25, 0.3) is 0 Å². The highest BCUT2D eigenvalue weighted by molar-refractivity contribution is 5.85. The molecule has 3 nitrogen and oxygen atoms in total. The summed E-state index contributed by atoms with van der Waals surface area (Å²) in [5.41, 5.74) is 1.05. The van der Waals surface area contributed by atoms with Crippen LogP contribution in [-0.4, -0.2) is 11.9 Å². The number of hydrogen-bond acceptors (Lipinski definition) is 3. The molecule has 0 atom stereocenters. The first-order chi connectivity index (χ1) is 7.22. The van der Waals surface area contributed by atoms with Crippen LogP contribution in [0.5, 0.6) is 0 Å². The zero-order chi connectivity index (χ0) is 11.1. The van der Waals surface area contributed by atoms with E-state index >= 15 is 0 Å². The molecule has 0 N–H and O–H groups in total. The van der Waals surface area contributed by atoms with Crippen molar-refractivity contribution in [2.45, 2.75) is 19.3 Å². The first kappa shape index (κ1) is 11.4. The van der Waals surface area contributed by atoms with Crippen molar-refractivity contribution < 1.29 is 14.3 Å². The fraction of sp³-hybridized carbons (Fsp3) is 0.250. The molecule has 1 aromatic rings. The summed E-state index contributed by atoms with van der Waals surface area (Å²) in [6, 6.07) is 9.57. The molecule has 0 fully saturated rings. The maximum Gasteiger partial charge on any atom is 0.313 e. The van der Waals surface area contributed by atoms with Gasteiger partial charge in [0.2, 0.25) is 0 Å². The lowest BCUT2D eigenvalue weighted by atomic mass is 10.1. The summed E-state index contributed by atoms with van der Waals surface area (Å²) in [4.78, 5) is 21.8. The summed E-state index contributed by atoms with van der Waals surface area (Å²) in [5, 5.41) is 0. The molecule has 0 aromatic heterocycles. The first-order valence-electron chi connectivity index (χ1n) is 4.79. The van der Waals surface area contributed by atoms with Gasteiger partial charge in [0.05, 0.1) is 6.42 Å². The van der Waals surface area contributed by atoms with Gasteiger partial charge in [-0.15, -0.1) is 0 Å². The van der Waals surface area contributed by atoms with E-state index in [4.69, 9.17) is 0 Å². The van der Waals surface area contributed by atoms with Crippen molar-refractivity contribution in [3.8, 4) is 0 Å². The lowest BCUT2D eigenvalue weighted by Gasteiger charge is -2.01. The Morgan fingerprint density at radius 2 is 1.80 bits per heavy atom. The Labute approximate surface area is 89.1 Å². The monoisotopic (exact) mass is 205 g/mol. The molecule has 1 aromatic carbocycles. The van der Waals surface area contributed by atoms with Gasteiger partial charge in [-0.25, -0.2) is 0 Å². The van der Waals surface area contributed by atoms with Gasteiger partial charge in [0.15, 0.2) is 0 Å². The normalized spacial score (nSPS) is 9.67. The molecule has 0 heterocycles. The first-order valence-corrected chi connectivity index (χ1v) is 4.79. The van der Waals surface area contributed by atoms with Crippen LogP contribution in [0.4, 0.5) is 0 Å². The summed E-state index contributed by atoms with van der Waals surface area (Å²) in [6.45, 7) is 3.33. The fourth-order valence-corrected chi connectivity index (χ4v) is 1.12. The minimum Gasteiger partial charge on any atom is -0.393 e. The zero-order valence-electron chi connectivity index (χ0n) is 8.44. The Balaban J connectivity index is 2.32. The number of esters is 2. The molecule has 1 rings (SSSR count). The molecule has 0 amide bonds. The molecule has 0 bridgehead atoms. The van der Waals surface area contributed by atoms with Crippen LogP contribution < -0.4 is 0 Å². The minimum atomic E-state index is -0.576. The van der Waals surface area contributed by atoms with Crippen LogP contribution in [0.25, 0.3) is 0 Å². The lowest BCUT2D eigenvalue weighted by Crippen LogP contribution is -2.11. The third-order valence-electron chi connectivity index (χ3n) is 1.89. The van der Waals surface area contributed by atoms with Crippen LogP contribution in [0.2, 0.25) is 0 Å². The number of carbonyl (C=O) groups excluding carboxylic acids is 2. The van der Waals surface area contributed by atoms with Crippen molar-refractivity contribution >= 4 is 11.9 Å². The minimum absolute atomic E-state index is 0.0168. The topological polar surface area (TPSA) is 43.4 Å². The van der Waals surface area contributed by atoms with Gasteiger partial charge in [0, 0.05) is 6.42 Å². The smallest absolute Gasteiger partial charge is 0.313 e. The van der Waals surface area contributed by atoms with Gasteiger partial charge in [-0.05, 0) is 18.9 Å². The SMILES string of the molecule is [CH2]CC(=O)OC(=O)CCc1ccccc1. The van der Waals surface area contributed by atoms with Gasteiger partial charge >= 0.3 is 11.9 Å². The molecule has 0 saturated heterocycles. The van der Waals surface area contributed by atoms with Crippen LogP contribution in [0, 0.1) is 6.92 Å². The number of rotatable bonds is 4. The molecule has 0 aliphatic rings. The number of benzene rings is 1. The van der Waals surface area contributed by atoms with E-state index in [0.717, 1.165) is 5.56 Å². The van der Waals surface area contributed by atoms with E-state index in [1.165, 1.54) is 0 Å². The highest BCUT2D eigenvalue weighted by atomic mass is 16.6. The second-order valence-electron chi connectivity index (χ2n) is 3.08. The summed E-state index contributed by atoms with van der Waals surface area (Å²) < 4.78 is 4.48. The molecule has 0 aliphatic heterocycles. The molecule has 0 saturated carbocycles. The van der Waals surface area contributed by atoms with E-state index < -0.39 is 11.9 Å². The van der Waals surface area contributed by atoms with Crippen LogP contribution in [0.15, 0.2) is 30.3 Å². The number of aryl methyl sites for hydroxylation is 1. The van der Waals surface area contributed by atoms with E-state index in [-0.39, 0.29) is 12.8 Å². The van der Waals surface area contributed by atoms with Crippen LogP contribution in [0.3, 0.4) is 0 Å². The maximum atomic E-state index is 11.1. The van der Waals surface area contributed by atoms with Gasteiger partial charge in [-0.2, -0.15) is 0 Å². The van der Waals surface area contributed by atoms with E-state index in [1.54, 1.807) is 0 Å². The van der Waals surface area contributed by atoms with Crippen LogP contribution in [0.1, 0.15) is 18.4 Å². The van der Waals surface area contributed by atoms with Gasteiger partial charge in [0.1, 0.15) is 0 Å². The highest BCUT2D eigenvalue weighted by Gasteiger charge is 2.07. The number of carbonyl (C=O) groups is 2. The Morgan fingerprint density at radius 1 is 1.13 bits per heavy atom. The average molecular weight is 205 g/mol. The summed E-state index contributed by atoms with van der Waals surface area (Å²) >= 11 is 0.